The van der Waals surface area contributed by atoms with Crippen molar-refractivity contribution in [1.82, 2.24) is 0 Å². The zero-order valence-corrected chi connectivity index (χ0v) is 13.8. The van der Waals surface area contributed by atoms with Gasteiger partial charge in [-0.25, -0.2) is 0 Å². The molecule has 21 heavy (non-hydrogen) atoms. The fraction of sp³-hybridized carbons (Fsp3) is 0.455. The van der Waals surface area contributed by atoms with E-state index >= 15 is 0 Å². The summed E-state index contributed by atoms with van der Waals surface area (Å²) in [5.41, 5.74) is 7.25. The van der Waals surface area contributed by atoms with E-state index in [1.54, 1.807) is 12.1 Å². The van der Waals surface area contributed by atoms with Crippen LogP contribution in [0.3, 0.4) is 0 Å². The molecular weight excluding hydrogens is 336 g/mol. The Bertz CT molecular complexity index is 550. The molecule has 1 aromatic rings. The number of para-hydroxylation sites is 1. The predicted molar refractivity (Wildman–Crippen MR) is 84.4 cm³/mol. The van der Waals surface area contributed by atoms with E-state index in [1.165, 1.54) is 0 Å². The first-order valence-electron chi connectivity index (χ1n) is 6.15. The SMILES string of the molecule is Nc1ccccc1CCCC(S)C(P(=O)(O)O)P(=O)(O)O. The van der Waals surface area contributed by atoms with Gasteiger partial charge in [0.05, 0.1) is 0 Å². The maximum absolute atomic E-state index is 11.2. The molecule has 1 atom stereocenters. The number of benzene rings is 1. The summed E-state index contributed by atoms with van der Waals surface area (Å²) in [6.07, 6.45) is 1.15. The highest BCUT2D eigenvalue weighted by atomic mass is 32.1. The highest BCUT2D eigenvalue weighted by Gasteiger charge is 2.47. The highest BCUT2D eigenvalue weighted by molar-refractivity contribution is 7.83. The summed E-state index contributed by atoms with van der Waals surface area (Å²) in [7, 11) is -9.88. The molecule has 10 heteroatoms. The first-order valence-corrected chi connectivity index (χ1v) is 10.0. The van der Waals surface area contributed by atoms with E-state index in [-0.39, 0.29) is 6.42 Å². The molecule has 0 bridgehead atoms. The lowest BCUT2D eigenvalue weighted by Crippen LogP contribution is -2.22. The minimum absolute atomic E-state index is 0.151. The topological polar surface area (TPSA) is 141 Å². The van der Waals surface area contributed by atoms with E-state index in [4.69, 9.17) is 25.3 Å². The molecule has 1 unspecified atom stereocenters. The Balaban J connectivity index is 2.68. The van der Waals surface area contributed by atoms with Crippen molar-refractivity contribution in [3.05, 3.63) is 29.8 Å². The van der Waals surface area contributed by atoms with E-state index in [2.05, 4.69) is 12.6 Å². The first kappa shape index (κ1) is 18.7. The summed E-state index contributed by atoms with van der Waals surface area (Å²) in [4.78, 5) is 36.4. The number of aryl methyl sites for hydroxylation is 1. The van der Waals surface area contributed by atoms with Crippen LogP contribution >= 0.6 is 27.8 Å². The van der Waals surface area contributed by atoms with E-state index in [9.17, 15) is 9.13 Å². The Morgan fingerprint density at radius 2 is 1.62 bits per heavy atom. The molecule has 0 aliphatic carbocycles. The average Bonchev–Trinajstić information content (AvgIpc) is 2.27. The van der Waals surface area contributed by atoms with Gasteiger partial charge in [0.1, 0.15) is 0 Å². The molecule has 0 aliphatic rings. The number of nitrogens with two attached hydrogens (primary N) is 1. The second kappa shape index (κ2) is 7.29. The number of nitrogen functional groups attached to an aromatic ring is 1. The Morgan fingerprint density at radius 1 is 1.10 bits per heavy atom. The molecule has 6 N–H and O–H groups in total. The fourth-order valence-electron chi connectivity index (χ4n) is 2.06. The summed E-state index contributed by atoms with van der Waals surface area (Å²) < 4.78 is 22.5. The standard InChI is InChI=1S/C11H19NO6P2S/c12-9-6-2-1-4-8(9)5-3-7-10(21)11(19(13,14)15)20(16,17)18/h1-2,4,6,10-11,21H,3,5,7,12H2,(H2,13,14,15)(H2,16,17,18). The van der Waals surface area contributed by atoms with Crippen LogP contribution in [-0.2, 0) is 15.6 Å². The molecule has 0 aliphatic heterocycles. The molecule has 0 fully saturated rings. The first-order chi connectivity index (χ1) is 9.53. The molecule has 0 saturated carbocycles. The number of anilines is 1. The van der Waals surface area contributed by atoms with Gasteiger partial charge in [-0.2, -0.15) is 12.6 Å². The van der Waals surface area contributed by atoms with Gasteiger partial charge in [-0.3, -0.25) is 9.13 Å². The summed E-state index contributed by atoms with van der Waals surface area (Å²) >= 11 is 3.97. The van der Waals surface area contributed by atoms with Gasteiger partial charge in [0.25, 0.3) is 0 Å². The van der Waals surface area contributed by atoms with Crippen LogP contribution < -0.4 is 5.73 Å². The van der Waals surface area contributed by atoms with Gasteiger partial charge in [-0.1, -0.05) is 18.2 Å². The van der Waals surface area contributed by atoms with Gasteiger partial charge in [-0.15, -0.1) is 0 Å². The van der Waals surface area contributed by atoms with Crippen LogP contribution in [-0.4, -0.2) is 30.2 Å². The molecule has 1 aromatic carbocycles. The number of hydrogen-bond acceptors (Lipinski definition) is 4. The van der Waals surface area contributed by atoms with Crippen molar-refractivity contribution in [3.8, 4) is 0 Å². The Morgan fingerprint density at radius 3 is 2.10 bits per heavy atom. The van der Waals surface area contributed by atoms with Crippen molar-refractivity contribution in [1.29, 1.82) is 0 Å². The third-order valence-electron chi connectivity index (χ3n) is 3.03. The van der Waals surface area contributed by atoms with Crippen molar-refractivity contribution >= 4 is 33.5 Å². The van der Waals surface area contributed by atoms with E-state index in [0.29, 0.717) is 18.5 Å². The minimum atomic E-state index is -4.94. The predicted octanol–water partition coefficient (Wildman–Crippen LogP) is 1.57. The van der Waals surface area contributed by atoms with Crippen LogP contribution in [0, 0.1) is 0 Å². The molecule has 0 heterocycles. The minimum Gasteiger partial charge on any atom is -0.399 e. The van der Waals surface area contributed by atoms with Crippen LogP contribution in [0.25, 0.3) is 0 Å². The maximum atomic E-state index is 11.2. The van der Waals surface area contributed by atoms with Gasteiger partial charge in [-0.05, 0) is 30.9 Å². The lowest BCUT2D eigenvalue weighted by molar-refractivity contribution is 0.335. The molecule has 0 saturated heterocycles. The quantitative estimate of drug-likeness (QED) is 0.248. The second-order valence-electron chi connectivity index (χ2n) is 4.75. The fourth-order valence-corrected chi connectivity index (χ4v) is 6.04. The number of hydrogen-bond donors (Lipinski definition) is 6. The normalized spacial score (nSPS) is 14.4. The van der Waals surface area contributed by atoms with Gasteiger partial charge in [0.15, 0.2) is 5.40 Å². The highest BCUT2D eigenvalue weighted by Crippen LogP contribution is 2.62. The van der Waals surface area contributed by atoms with Crippen molar-refractivity contribution in [3.63, 3.8) is 0 Å². The molecule has 0 aromatic heterocycles. The van der Waals surface area contributed by atoms with Gasteiger partial charge >= 0.3 is 15.2 Å². The number of rotatable bonds is 7. The largest absolute Gasteiger partial charge is 0.399 e. The lowest BCUT2D eigenvalue weighted by Gasteiger charge is -2.24. The monoisotopic (exact) mass is 355 g/mol. The summed E-state index contributed by atoms with van der Waals surface area (Å²) in [6.45, 7) is 0. The molecule has 0 radical (unpaired) electrons. The van der Waals surface area contributed by atoms with Crippen LogP contribution in [0.5, 0.6) is 0 Å². The van der Waals surface area contributed by atoms with Crippen LogP contribution in [0.15, 0.2) is 24.3 Å². The van der Waals surface area contributed by atoms with Crippen molar-refractivity contribution in [2.24, 2.45) is 0 Å². The summed E-state index contributed by atoms with van der Waals surface area (Å²) in [6, 6.07) is 7.17. The molecule has 0 spiro atoms. The molecule has 1 rings (SSSR count). The summed E-state index contributed by atoms with van der Waals surface area (Å²) in [5.74, 6) is 0. The Labute approximate surface area is 128 Å². The second-order valence-corrected chi connectivity index (χ2v) is 9.29. The molecule has 7 nitrogen and oxygen atoms in total. The van der Waals surface area contributed by atoms with Crippen LogP contribution in [0.4, 0.5) is 5.69 Å². The lowest BCUT2D eigenvalue weighted by atomic mass is 10.1. The number of thiol groups is 1. The smallest absolute Gasteiger partial charge is 0.341 e. The van der Waals surface area contributed by atoms with E-state index in [0.717, 1.165) is 5.56 Å². The zero-order valence-electron chi connectivity index (χ0n) is 11.1. The molecule has 0 amide bonds. The van der Waals surface area contributed by atoms with Gasteiger partial charge < -0.3 is 25.3 Å². The Kier molecular flexibility index (Phi) is 6.50. The van der Waals surface area contributed by atoms with Crippen molar-refractivity contribution < 1.29 is 28.7 Å². The van der Waals surface area contributed by atoms with Crippen LogP contribution in [0.2, 0.25) is 0 Å². The third-order valence-corrected chi connectivity index (χ3v) is 7.96. The van der Waals surface area contributed by atoms with Gasteiger partial charge in [0, 0.05) is 10.9 Å². The zero-order chi connectivity index (χ0) is 16.3. The molecule has 120 valence electrons. The van der Waals surface area contributed by atoms with Gasteiger partial charge in [0.2, 0.25) is 0 Å². The van der Waals surface area contributed by atoms with E-state index < -0.39 is 25.8 Å². The third kappa shape index (κ3) is 5.75. The molecular formula is C11H19NO6P2S. The van der Waals surface area contributed by atoms with E-state index in [1.807, 2.05) is 12.1 Å². The van der Waals surface area contributed by atoms with Crippen LogP contribution in [0.1, 0.15) is 18.4 Å². The van der Waals surface area contributed by atoms with Crippen molar-refractivity contribution in [2.75, 3.05) is 5.73 Å². The maximum Gasteiger partial charge on any atom is 0.341 e. The average molecular weight is 355 g/mol. The van der Waals surface area contributed by atoms with Crippen molar-refractivity contribution in [2.45, 2.75) is 29.9 Å². The summed E-state index contributed by atoms with van der Waals surface area (Å²) in [5, 5.41) is -3.18. The Hall–Kier alpha value is -0.330.